The zero-order valence-corrected chi connectivity index (χ0v) is 15.1. The van der Waals surface area contributed by atoms with Crippen molar-refractivity contribution in [2.75, 3.05) is 20.6 Å². The number of carbonyl (C=O) groups excluding carboxylic acids is 2. The summed E-state index contributed by atoms with van der Waals surface area (Å²) in [6, 6.07) is -0.393. The molecule has 0 aromatic carbocycles. The maximum Gasteiger partial charge on any atom is 0.275 e. The molecular formula is C16H21FN6O3. The van der Waals surface area contributed by atoms with Crippen LogP contribution in [0.3, 0.4) is 0 Å². The molecule has 3 rings (SSSR count). The zero-order valence-electron chi connectivity index (χ0n) is 15.1. The minimum atomic E-state index is -1.11. The van der Waals surface area contributed by atoms with Gasteiger partial charge in [-0.25, -0.2) is 9.07 Å². The number of aromatic nitrogens is 4. The van der Waals surface area contributed by atoms with Gasteiger partial charge in [-0.05, 0) is 13.8 Å². The quantitative estimate of drug-likeness (QED) is 0.797. The number of halogens is 1. The van der Waals surface area contributed by atoms with E-state index in [-0.39, 0.29) is 37.0 Å². The monoisotopic (exact) mass is 364 g/mol. The molecule has 2 atom stereocenters. The Kier molecular flexibility index (Phi) is 4.75. The molecule has 1 saturated heterocycles. The fourth-order valence-corrected chi connectivity index (χ4v) is 3.14. The number of likely N-dealkylation sites (tertiary alicyclic amines) is 1. The molecule has 2 aromatic heterocycles. The van der Waals surface area contributed by atoms with Gasteiger partial charge in [0.1, 0.15) is 17.5 Å². The number of hydrogen-bond acceptors (Lipinski definition) is 6. The number of hydrogen-bond donors (Lipinski definition) is 0. The largest absolute Gasteiger partial charge is 0.361 e. The second-order valence-corrected chi connectivity index (χ2v) is 6.67. The fourth-order valence-electron chi connectivity index (χ4n) is 3.14. The van der Waals surface area contributed by atoms with Crippen LogP contribution in [-0.2, 0) is 6.54 Å². The minimum absolute atomic E-state index is 0.00570. The molecule has 2 amide bonds. The predicted molar refractivity (Wildman–Crippen MR) is 88.4 cm³/mol. The number of carbonyl (C=O) groups is 2. The molecule has 1 fully saturated rings. The maximum atomic E-state index is 14.0. The van der Waals surface area contributed by atoms with Crippen molar-refractivity contribution in [3.63, 3.8) is 0 Å². The lowest BCUT2D eigenvalue weighted by Gasteiger charge is -2.24. The van der Waals surface area contributed by atoms with E-state index < -0.39 is 12.2 Å². The van der Waals surface area contributed by atoms with Crippen molar-refractivity contribution in [1.29, 1.82) is 0 Å². The van der Waals surface area contributed by atoms with Crippen molar-refractivity contribution in [2.24, 2.45) is 0 Å². The van der Waals surface area contributed by atoms with Gasteiger partial charge in [0.05, 0.1) is 31.0 Å². The van der Waals surface area contributed by atoms with Gasteiger partial charge in [-0.3, -0.25) is 9.59 Å². The van der Waals surface area contributed by atoms with Crippen molar-refractivity contribution >= 4 is 11.8 Å². The van der Waals surface area contributed by atoms with Crippen molar-refractivity contribution < 1.29 is 18.5 Å². The highest BCUT2D eigenvalue weighted by atomic mass is 19.1. The summed E-state index contributed by atoms with van der Waals surface area (Å²) in [5.41, 5.74) is 1.05. The lowest BCUT2D eigenvalue weighted by Crippen LogP contribution is -2.38. The molecule has 1 aliphatic heterocycles. The fraction of sp³-hybridized carbons (Fsp3) is 0.562. The topological polar surface area (TPSA) is 97.4 Å². The second-order valence-electron chi connectivity index (χ2n) is 6.67. The summed E-state index contributed by atoms with van der Waals surface area (Å²) < 4.78 is 20.5. The predicted octanol–water partition coefficient (Wildman–Crippen LogP) is 0.838. The summed E-state index contributed by atoms with van der Waals surface area (Å²) in [4.78, 5) is 27.6. The van der Waals surface area contributed by atoms with E-state index >= 15 is 0 Å². The molecule has 0 radical (unpaired) electrons. The number of nitrogens with zero attached hydrogens (tertiary/aromatic N) is 6. The van der Waals surface area contributed by atoms with Gasteiger partial charge in [0.25, 0.3) is 11.8 Å². The van der Waals surface area contributed by atoms with Gasteiger partial charge >= 0.3 is 0 Å². The van der Waals surface area contributed by atoms with Crippen LogP contribution in [0, 0.1) is 13.8 Å². The van der Waals surface area contributed by atoms with Crippen LogP contribution >= 0.6 is 0 Å². The summed E-state index contributed by atoms with van der Waals surface area (Å²) in [6.45, 7) is 3.59. The van der Waals surface area contributed by atoms with Crippen molar-refractivity contribution in [3.05, 3.63) is 28.9 Å². The van der Waals surface area contributed by atoms with Crippen LogP contribution in [0.15, 0.2) is 10.7 Å². The highest BCUT2D eigenvalue weighted by Gasteiger charge is 2.38. The summed E-state index contributed by atoms with van der Waals surface area (Å²) >= 11 is 0. The molecule has 140 valence electrons. The average Bonchev–Trinajstić information content (AvgIpc) is 3.26. The molecule has 0 bridgehead atoms. The third-order valence-corrected chi connectivity index (χ3v) is 4.43. The Labute approximate surface area is 149 Å². The summed E-state index contributed by atoms with van der Waals surface area (Å²) in [5, 5.41) is 11.6. The Balaban J connectivity index is 1.78. The van der Waals surface area contributed by atoms with Crippen LogP contribution in [0.25, 0.3) is 0 Å². The number of amides is 2. The summed E-state index contributed by atoms with van der Waals surface area (Å²) in [6.07, 6.45) is 0.592. The zero-order chi connectivity index (χ0) is 19.0. The van der Waals surface area contributed by atoms with Crippen LogP contribution in [0.5, 0.6) is 0 Å². The average molecular weight is 364 g/mol. The van der Waals surface area contributed by atoms with E-state index in [4.69, 9.17) is 4.52 Å². The minimum Gasteiger partial charge on any atom is -0.361 e. The smallest absolute Gasteiger partial charge is 0.275 e. The lowest BCUT2D eigenvalue weighted by atomic mass is 10.1. The van der Waals surface area contributed by atoms with Crippen molar-refractivity contribution in [2.45, 2.75) is 39.0 Å². The van der Waals surface area contributed by atoms with E-state index in [2.05, 4.69) is 15.5 Å². The van der Waals surface area contributed by atoms with Crippen LogP contribution < -0.4 is 0 Å². The van der Waals surface area contributed by atoms with Crippen molar-refractivity contribution in [3.8, 4) is 0 Å². The molecule has 0 spiro atoms. The standard InChI is InChI=1S/C16H21FN6O3/c1-9-14(10(2)26-19-9)16(25)23-6-11(17)5-12(23)7-22-8-13(18-20-22)15(24)21(3)4/h8,11-12H,5-7H2,1-4H3/t11-,12-/m0/s1. The van der Waals surface area contributed by atoms with E-state index in [0.29, 0.717) is 17.0 Å². The Morgan fingerprint density at radius 2 is 2.12 bits per heavy atom. The Hall–Kier alpha value is -2.78. The SMILES string of the molecule is Cc1noc(C)c1C(=O)N1C[C@@H](F)C[C@H]1Cn1cc(C(=O)N(C)C)nn1. The first-order chi connectivity index (χ1) is 12.3. The van der Waals surface area contributed by atoms with Gasteiger partial charge in [-0.1, -0.05) is 10.4 Å². The highest BCUT2D eigenvalue weighted by Crippen LogP contribution is 2.26. The highest BCUT2D eigenvalue weighted by molar-refractivity contribution is 5.96. The maximum absolute atomic E-state index is 14.0. The second kappa shape index (κ2) is 6.85. The summed E-state index contributed by atoms with van der Waals surface area (Å²) in [7, 11) is 3.24. The Morgan fingerprint density at radius 3 is 2.73 bits per heavy atom. The molecule has 10 heteroatoms. The van der Waals surface area contributed by atoms with E-state index in [1.165, 1.54) is 20.7 Å². The Bertz CT molecular complexity index is 810. The van der Waals surface area contributed by atoms with E-state index in [9.17, 15) is 14.0 Å². The van der Waals surface area contributed by atoms with E-state index in [0.717, 1.165) is 0 Å². The van der Waals surface area contributed by atoms with Gasteiger partial charge in [0.2, 0.25) is 0 Å². The van der Waals surface area contributed by atoms with Crippen LogP contribution in [0.2, 0.25) is 0 Å². The van der Waals surface area contributed by atoms with Gasteiger partial charge in [-0.2, -0.15) is 0 Å². The number of aryl methyl sites for hydroxylation is 2. The molecule has 0 saturated carbocycles. The van der Waals surface area contributed by atoms with E-state index in [1.807, 2.05) is 0 Å². The first-order valence-electron chi connectivity index (χ1n) is 8.27. The lowest BCUT2D eigenvalue weighted by molar-refractivity contribution is 0.0711. The summed E-state index contributed by atoms with van der Waals surface area (Å²) in [5.74, 6) is -0.168. The third-order valence-electron chi connectivity index (χ3n) is 4.43. The number of alkyl halides is 1. The van der Waals surface area contributed by atoms with Crippen molar-refractivity contribution in [1.82, 2.24) is 30.0 Å². The van der Waals surface area contributed by atoms with Gasteiger partial charge in [-0.15, -0.1) is 5.10 Å². The first kappa shape index (κ1) is 18.0. The first-order valence-corrected chi connectivity index (χ1v) is 8.27. The van der Waals surface area contributed by atoms with Gasteiger partial charge in [0.15, 0.2) is 5.69 Å². The Morgan fingerprint density at radius 1 is 1.38 bits per heavy atom. The molecule has 0 unspecified atom stereocenters. The van der Waals surface area contributed by atoms with E-state index in [1.54, 1.807) is 27.9 Å². The van der Waals surface area contributed by atoms with Gasteiger partial charge < -0.3 is 14.3 Å². The molecule has 0 N–H and O–H groups in total. The molecule has 9 nitrogen and oxygen atoms in total. The number of rotatable bonds is 4. The molecule has 1 aliphatic rings. The molecule has 3 heterocycles. The molecule has 2 aromatic rings. The molecular weight excluding hydrogens is 343 g/mol. The normalized spacial score (nSPS) is 19.8. The van der Waals surface area contributed by atoms with Gasteiger partial charge in [0, 0.05) is 20.5 Å². The molecule has 26 heavy (non-hydrogen) atoms. The molecule has 0 aliphatic carbocycles. The van der Waals surface area contributed by atoms with Crippen LogP contribution in [0.1, 0.15) is 38.7 Å². The van der Waals surface area contributed by atoms with Crippen LogP contribution in [0.4, 0.5) is 4.39 Å². The third kappa shape index (κ3) is 3.31. The van der Waals surface area contributed by atoms with Crippen LogP contribution in [-0.4, -0.2) is 74.6 Å².